The zero-order chi connectivity index (χ0) is 15.0. The van der Waals surface area contributed by atoms with Crippen LogP contribution in [0, 0.1) is 0 Å². The van der Waals surface area contributed by atoms with Gasteiger partial charge in [0, 0.05) is 19.7 Å². The van der Waals surface area contributed by atoms with Crippen molar-refractivity contribution in [2.24, 2.45) is 0 Å². The first-order chi connectivity index (χ1) is 9.62. The Morgan fingerprint density at radius 1 is 1.00 bits per heavy atom. The second kappa shape index (κ2) is 8.66. The number of hydrogen-bond donors (Lipinski definition) is 1. The number of nitrogens with one attached hydrogen (secondary N) is 1. The highest BCUT2D eigenvalue weighted by Gasteiger charge is 2.14. The first-order valence-corrected chi connectivity index (χ1v) is 6.72. The quantitative estimate of drug-likeness (QED) is 0.704. The van der Waals surface area contributed by atoms with E-state index in [9.17, 15) is 0 Å². The van der Waals surface area contributed by atoms with Crippen LogP contribution >= 0.6 is 0 Å². The van der Waals surface area contributed by atoms with Gasteiger partial charge in [0.15, 0.2) is 11.5 Å². The average molecular weight is 283 g/mol. The van der Waals surface area contributed by atoms with E-state index >= 15 is 0 Å². The molecule has 1 aromatic rings. The van der Waals surface area contributed by atoms with Gasteiger partial charge in [0.2, 0.25) is 5.75 Å². The summed E-state index contributed by atoms with van der Waals surface area (Å²) in [6, 6.07) is 4.34. The average Bonchev–Trinajstić information content (AvgIpc) is 2.45. The Labute approximate surface area is 121 Å². The van der Waals surface area contributed by atoms with E-state index in [1.807, 2.05) is 12.1 Å². The molecule has 114 valence electrons. The van der Waals surface area contributed by atoms with Gasteiger partial charge in [-0.2, -0.15) is 0 Å². The molecule has 1 rings (SSSR count). The molecule has 1 aromatic carbocycles. The molecule has 0 spiro atoms. The van der Waals surface area contributed by atoms with Crippen molar-refractivity contribution in [3.8, 4) is 17.2 Å². The molecule has 0 saturated heterocycles. The van der Waals surface area contributed by atoms with Crippen molar-refractivity contribution in [3.63, 3.8) is 0 Å². The molecule has 0 radical (unpaired) electrons. The number of hydrogen-bond acceptors (Lipinski definition) is 5. The molecule has 0 unspecified atom stereocenters. The highest BCUT2D eigenvalue weighted by Crippen LogP contribution is 2.38. The van der Waals surface area contributed by atoms with E-state index < -0.39 is 0 Å². The third-order valence-electron chi connectivity index (χ3n) is 2.77. The van der Waals surface area contributed by atoms with Crippen LogP contribution in [0.3, 0.4) is 0 Å². The van der Waals surface area contributed by atoms with Gasteiger partial charge in [-0.3, -0.25) is 0 Å². The molecule has 0 bridgehead atoms. The van der Waals surface area contributed by atoms with Crippen LogP contribution in [-0.2, 0) is 11.3 Å². The van der Waals surface area contributed by atoms with Gasteiger partial charge in [-0.25, -0.2) is 0 Å². The second-order valence-electron chi connectivity index (χ2n) is 4.71. The van der Waals surface area contributed by atoms with Gasteiger partial charge in [-0.05, 0) is 17.7 Å². The van der Waals surface area contributed by atoms with Crippen molar-refractivity contribution in [1.82, 2.24) is 5.32 Å². The molecule has 0 fully saturated rings. The fourth-order valence-corrected chi connectivity index (χ4v) is 1.73. The van der Waals surface area contributed by atoms with Gasteiger partial charge < -0.3 is 24.3 Å². The van der Waals surface area contributed by atoms with Gasteiger partial charge in [0.1, 0.15) is 6.61 Å². The summed E-state index contributed by atoms with van der Waals surface area (Å²) in [6.07, 6.45) is 0. The molecule has 5 heteroatoms. The van der Waals surface area contributed by atoms with E-state index in [2.05, 4.69) is 19.2 Å². The first-order valence-electron chi connectivity index (χ1n) is 6.72. The molecule has 0 aliphatic heterocycles. The molecule has 0 aromatic heterocycles. The maximum absolute atomic E-state index is 5.68. The van der Waals surface area contributed by atoms with Gasteiger partial charge >= 0.3 is 0 Å². The summed E-state index contributed by atoms with van der Waals surface area (Å²) in [5.41, 5.74) is 1.09. The minimum Gasteiger partial charge on any atom is -0.493 e. The predicted octanol–water partition coefficient (Wildman–Crippen LogP) is 2.23. The molecular formula is C15H25NO4. The third kappa shape index (κ3) is 4.90. The Hall–Kier alpha value is -1.46. The van der Waals surface area contributed by atoms with Crippen LogP contribution in [0.25, 0.3) is 0 Å². The van der Waals surface area contributed by atoms with Crippen molar-refractivity contribution in [2.45, 2.75) is 26.4 Å². The van der Waals surface area contributed by atoms with E-state index in [0.717, 1.165) is 12.1 Å². The summed E-state index contributed by atoms with van der Waals surface area (Å²) in [4.78, 5) is 0. The Kier molecular flexibility index (Phi) is 7.18. The largest absolute Gasteiger partial charge is 0.493 e. The molecule has 0 atom stereocenters. The lowest BCUT2D eigenvalue weighted by molar-refractivity contribution is 0.142. The summed E-state index contributed by atoms with van der Waals surface area (Å²) in [5.74, 6) is 1.95. The van der Waals surface area contributed by atoms with E-state index in [4.69, 9.17) is 18.9 Å². The fourth-order valence-electron chi connectivity index (χ4n) is 1.73. The Morgan fingerprint density at radius 3 is 2.05 bits per heavy atom. The number of rotatable bonds is 9. The zero-order valence-corrected chi connectivity index (χ0v) is 13.0. The lowest BCUT2D eigenvalue weighted by Crippen LogP contribution is -2.21. The Bertz CT molecular complexity index is 382. The summed E-state index contributed by atoms with van der Waals surface area (Å²) in [7, 11) is 4.88. The van der Waals surface area contributed by atoms with Crippen LogP contribution in [0.2, 0.25) is 0 Å². The predicted molar refractivity (Wildman–Crippen MR) is 78.9 cm³/mol. The molecule has 5 nitrogen and oxygen atoms in total. The smallest absolute Gasteiger partial charge is 0.203 e. The number of benzene rings is 1. The lowest BCUT2D eigenvalue weighted by Gasteiger charge is -2.16. The molecule has 0 saturated carbocycles. The Morgan fingerprint density at radius 2 is 1.60 bits per heavy atom. The monoisotopic (exact) mass is 283 g/mol. The molecular weight excluding hydrogens is 258 g/mol. The topological polar surface area (TPSA) is 49.0 Å². The van der Waals surface area contributed by atoms with Crippen molar-refractivity contribution >= 4 is 0 Å². The van der Waals surface area contributed by atoms with Crippen LogP contribution in [0.5, 0.6) is 17.2 Å². The van der Waals surface area contributed by atoms with Crippen LogP contribution < -0.4 is 19.5 Å². The van der Waals surface area contributed by atoms with Gasteiger partial charge in [0.05, 0.1) is 20.8 Å². The highest BCUT2D eigenvalue weighted by atomic mass is 16.6. The van der Waals surface area contributed by atoms with Gasteiger partial charge in [-0.15, -0.1) is 0 Å². The molecule has 0 aliphatic carbocycles. The Balaban J connectivity index is 2.92. The van der Waals surface area contributed by atoms with Crippen molar-refractivity contribution in [1.29, 1.82) is 0 Å². The van der Waals surface area contributed by atoms with E-state index in [0.29, 0.717) is 36.5 Å². The molecule has 0 amide bonds. The van der Waals surface area contributed by atoms with E-state index in [1.165, 1.54) is 0 Å². The van der Waals surface area contributed by atoms with Gasteiger partial charge in [-0.1, -0.05) is 13.8 Å². The maximum Gasteiger partial charge on any atom is 0.203 e. The molecule has 20 heavy (non-hydrogen) atoms. The summed E-state index contributed by atoms with van der Waals surface area (Å²) < 4.78 is 21.4. The van der Waals surface area contributed by atoms with E-state index in [1.54, 1.807) is 21.3 Å². The molecule has 1 N–H and O–H groups in total. The lowest BCUT2D eigenvalue weighted by atomic mass is 10.1. The number of methoxy groups -OCH3 is 3. The minimum atomic E-state index is 0.421. The van der Waals surface area contributed by atoms with Crippen LogP contribution in [-0.4, -0.2) is 40.6 Å². The van der Waals surface area contributed by atoms with Crippen molar-refractivity contribution < 1.29 is 18.9 Å². The first kappa shape index (κ1) is 16.6. The summed E-state index contributed by atoms with van der Waals surface area (Å²) >= 11 is 0. The van der Waals surface area contributed by atoms with Crippen LogP contribution in [0.4, 0.5) is 0 Å². The zero-order valence-electron chi connectivity index (χ0n) is 13.0. The molecule has 0 heterocycles. The number of ether oxygens (including phenoxy) is 4. The summed E-state index contributed by atoms with van der Waals surface area (Å²) in [6.45, 7) is 5.94. The maximum atomic E-state index is 5.68. The van der Waals surface area contributed by atoms with Crippen molar-refractivity contribution in [3.05, 3.63) is 17.7 Å². The van der Waals surface area contributed by atoms with Crippen LogP contribution in [0.1, 0.15) is 19.4 Å². The van der Waals surface area contributed by atoms with E-state index in [-0.39, 0.29) is 0 Å². The third-order valence-corrected chi connectivity index (χ3v) is 2.77. The van der Waals surface area contributed by atoms with Gasteiger partial charge in [0.25, 0.3) is 0 Å². The minimum absolute atomic E-state index is 0.421. The summed E-state index contributed by atoms with van der Waals surface area (Å²) in [5, 5.41) is 3.36. The molecule has 0 aliphatic rings. The van der Waals surface area contributed by atoms with Crippen LogP contribution in [0.15, 0.2) is 12.1 Å². The normalized spacial score (nSPS) is 10.7. The highest BCUT2D eigenvalue weighted by molar-refractivity contribution is 5.53. The SMILES string of the molecule is COCCOc1c(OC)cc(CNC(C)C)cc1OC. The standard InChI is InChI=1S/C15H25NO4/c1-11(2)16-10-12-8-13(18-4)15(14(9-12)19-5)20-7-6-17-3/h8-9,11,16H,6-7,10H2,1-5H3. The van der Waals surface area contributed by atoms with Crippen molar-refractivity contribution in [2.75, 3.05) is 34.5 Å². The second-order valence-corrected chi connectivity index (χ2v) is 4.71. The fraction of sp³-hybridized carbons (Fsp3) is 0.600.